The summed E-state index contributed by atoms with van der Waals surface area (Å²) >= 11 is 0. The van der Waals surface area contributed by atoms with Gasteiger partial charge >= 0.3 is 0 Å². The molecular weight excluding hydrogens is 262 g/mol. The molecule has 21 heavy (non-hydrogen) atoms. The molecule has 1 aromatic carbocycles. The second kappa shape index (κ2) is 6.12. The average Bonchev–Trinajstić information content (AvgIpc) is 2.90. The van der Waals surface area contributed by atoms with Gasteiger partial charge in [0.2, 0.25) is 5.91 Å². The highest BCUT2D eigenvalue weighted by Crippen LogP contribution is 2.18. The summed E-state index contributed by atoms with van der Waals surface area (Å²) in [6.45, 7) is 2.53. The van der Waals surface area contributed by atoms with E-state index in [4.69, 9.17) is 0 Å². The van der Waals surface area contributed by atoms with Crippen molar-refractivity contribution >= 4 is 5.91 Å². The lowest BCUT2D eigenvalue weighted by Crippen LogP contribution is -2.25. The van der Waals surface area contributed by atoms with Gasteiger partial charge in [0, 0.05) is 5.69 Å². The Morgan fingerprint density at radius 1 is 1.24 bits per heavy atom. The van der Waals surface area contributed by atoms with Gasteiger partial charge in [-0.05, 0) is 38.2 Å². The Bertz CT molecular complexity index is 604. The number of benzene rings is 1. The van der Waals surface area contributed by atoms with Crippen LogP contribution in [0.25, 0.3) is 0 Å². The van der Waals surface area contributed by atoms with Crippen LogP contribution in [0.2, 0.25) is 0 Å². The topological polar surface area (TPSA) is 57.8 Å². The van der Waals surface area contributed by atoms with E-state index in [-0.39, 0.29) is 5.91 Å². The van der Waals surface area contributed by atoms with Crippen LogP contribution in [0.4, 0.5) is 0 Å². The number of nitrogens with zero attached hydrogens (tertiary/aromatic N) is 1. The second-order valence-electron chi connectivity index (χ2n) is 5.75. The molecule has 0 saturated carbocycles. The van der Waals surface area contributed by atoms with Crippen LogP contribution in [-0.4, -0.2) is 15.9 Å². The van der Waals surface area contributed by atoms with Crippen molar-refractivity contribution in [3.8, 4) is 0 Å². The number of H-pyrrole nitrogens is 1. The molecule has 4 nitrogen and oxygen atoms in total. The highest BCUT2D eigenvalue weighted by Gasteiger charge is 2.14. The summed E-state index contributed by atoms with van der Waals surface area (Å²) in [6.07, 6.45) is 5.01. The number of fused-ring (bicyclic) bond motifs is 1. The normalized spacial score (nSPS) is 13.8. The van der Waals surface area contributed by atoms with Crippen LogP contribution in [0.5, 0.6) is 0 Å². The number of carbonyl (C=O) groups is 1. The maximum absolute atomic E-state index is 12.0. The number of aromatic nitrogens is 2. The van der Waals surface area contributed by atoms with E-state index in [1.807, 2.05) is 31.2 Å². The van der Waals surface area contributed by atoms with Gasteiger partial charge in [0.1, 0.15) is 5.82 Å². The zero-order valence-electron chi connectivity index (χ0n) is 12.4. The predicted octanol–water partition coefficient (Wildman–Crippen LogP) is 2.46. The first-order chi connectivity index (χ1) is 10.2. The fourth-order valence-electron chi connectivity index (χ4n) is 2.73. The number of carbonyl (C=O) groups excluding carboxylic acids is 1. The minimum absolute atomic E-state index is 0.0354. The Morgan fingerprint density at radius 2 is 2.00 bits per heavy atom. The first-order valence-corrected chi connectivity index (χ1v) is 7.59. The third kappa shape index (κ3) is 3.51. The van der Waals surface area contributed by atoms with E-state index in [0.717, 1.165) is 24.2 Å². The number of hydrogen-bond donors (Lipinski definition) is 2. The summed E-state index contributed by atoms with van der Waals surface area (Å²) in [5.74, 6) is 0.910. The van der Waals surface area contributed by atoms with E-state index in [2.05, 4.69) is 15.3 Å². The van der Waals surface area contributed by atoms with Gasteiger partial charge in [-0.1, -0.05) is 29.8 Å². The van der Waals surface area contributed by atoms with Crippen LogP contribution in [0, 0.1) is 6.92 Å². The van der Waals surface area contributed by atoms with E-state index in [1.54, 1.807) is 0 Å². The zero-order valence-corrected chi connectivity index (χ0v) is 12.4. The molecular formula is C17H21N3O. The third-order valence-electron chi connectivity index (χ3n) is 3.94. The predicted molar refractivity (Wildman–Crippen MR) is 82.0 cm³/mol. The van der Waals surface area contributed by atoms with Gasteiger partial charge in [-0.3, -0.25) is 4.79 Å². The molecule has 0 aliphatic heterocycles. The van der Waals surface area contributed by atoms with E-state index in [9.17, 15) is 4.79 Å². The number of aryl methyl sites for hydroxylation is 3. The minimum atomic E-state index is 0.0354. The molecule has 0 radical (unpaired) electrons. The fourth-order valence-corrected chi connectivity index (χ4v) is 2.73. The van der Waals surface area contributed by atoms with E-state index < -0.39 is 0 Å². The van der Waals surface area contributed by atoms with E-state index in [0.29, 0.717) is 13.0 Å². The Labute approximate surface area is 125 Å². The minimum Gasteiger partial charge on any atom is -0.349 e. The standard InChI is InChI=1S/C17H21N3O/c1-12-6-8-13(9-7-12)10-17(21)18-11-16-19-14-4-2-3-5-15(14)20-16/h6-9H,2-5,10-11H2,1H3,(H,18,21)(H,19,20). The number of imidazole rings is 1. The SMILES string of the molecule is Cc1ccc(CC(=O)NCc2nc3c([nH]2)CCCC3)cc1. The molecule has 2 N–H and O–H groups in total. The first-order valence-electron chi connectivity index (χ1n) is 7.59. The van der Waals surface area contributed by atoms with Crippen LogP contribution >= 0.6 is 0 Å². The van der Waals surface area contributed by atoms with Crippen LogP contribution < -0.4 is 5.32 Å². The van der Waals surface area contributed by atoms with E-state index in [1.165, 1.54) is 29.8 Å². The number of nitrogens with one attached hydrogen (secondary N) is 2. The van der Waals surface area contributed by atoms with Gasteiger partial charge in [-0.2, -0.15) is 0 Å². The Balaban J connectivity index is 1.53. The van der Waals surface area contributed by atoms with Crippen LogP contribution in [-0.2, 0) is 30.6 Å². The quantitative estimate of drug-likeness (QED) is 0.905. The van der Waals surface area contributed by atoms with Gasteiger partial charge in [-0.25, -0.2) is 4.98 Å². The van der Waals surface area contributed by atoms with Crippen molar-refractivity contribution in [2.45, 2.75) is 45.6 Å². The molecule has 1 amide bonds. The number of hydrogen-bond acceptors (Lipinski definition) is 2. The van der Waals surface area contributed by atoms with Crippen molar-refractivity contribution in [2.75, 3.05) is 0 Å². The van der Waals surface area contributed by atoms with Gasteiger partial charge in [0.15, 0.2) is 0 Å². The lowest BCUT2D eigenvalue weighted by atomic mass is 10.0. The van der Waals surface area contributed by atoms with Crippen LogP contribution in [0.1, 0.15) is 41.2 Å². The number of aromatic amines is 1. The average molecular weight is 283 g/mol. The summed E-state index contributed by atoms with van der Waals surface area (Å²) in [5.41, 5.74) is 4.69. The highest BCUT2D eigenvalue weighted by molar-refractivity contribution is 5.78. The fraction of sp³-hybridized carbons (Fsp3) is 0.412. The molecule has 1 heterocycles. The van der Waals surface area contributed by atoms with Crippen molar-refractivity contribution in [2.24, 2.45) is 0 Å². The molecule has 110 valence electrons. The molecule has 0 atom stereocenters. The summed E-state index contributed by atoms with van der Waals surface area (Å²) in [6, 6.07) is 8.06. The van der Waals surface area contributed by atoms with Crippen LogP contribution in [0.15, 0.2) is 24.3 Å². The van der Waals surface area contributed by atoms with Crippen molar-refractivity contribution < 1.29 is 4.79 Å². The lowest BCUT2D eigenvalue weighted by Gasteiger charge is -2.07. The first kappa shape index (κ1) is 13.9. The van der Waals surface area contributed by atoms with Crippen molar-refractivity contribution in [1.82, 2.24) is 15.3 Å². The van der Waals surface area contributed by atoms with Gasteiger partial charge in [-0.15, -0.1) is 0 Å². The highest BCUT2D eigenvalue weighted by atomic mass is 16.1. The van der Waals surface area contributed by atoms with Crippen LogP contribution in [0.3, 0.4) is 0 Å². The Kier molecular flexibility index (Phi) is 4.04. The molecule has 4 heteroatoms. The summed E-state index contributed by atoms with van der Waals surface area (Å²) in [7, 11) is 0. The van der Waals surface area contributed by atoms with E-state index >= 15 is 0 Å². The smallest absolute Gasteiger partial charge is 0.224 e. The monoisotopic (exact) mass is 283 g/mol. The molecule has 0 spiro atoms. The third-order valence-corrected chi connectivity index (χ3v) is 3.94. The second-order valence-corrected chi connectivity index (χ2v) is 5.75. The van der Waals surface area contributed by atoms with Crippen molar-refractivity contribution in [3.05, 3.63) is 52.6 Å². The van der Waals surface area contributed by atoms with Gasteiger partial charge in [0.05, 0.1) is 18.7 Å². The van der Waals surface area contributed by atoms with Gasteiger partial charge < -0.3 is 10.3 Å². The molecule has 1 aliphatic carbocycles. The zero-order chi connectivity index (χ0) is 14.7. The molecule has 3 rings (SSSR count). The maximum Gasteiger partial charge on any atom is 0.224 e. The van der Waals surface area contributed by atoms with Gasteiger partial charge in [0.25, 0.3) is 0 Å². The Hall–Kier alpha value is -2.10. The Morgan fingerprint density at radius 3 is 2.76 bits per heavy atom. The lowest BCUT2D eigenvalue weighted by molar-refractivity contribution is -0.120. The number of rotatable bonds is 4. The summed E-state index contributed by atoms with van der Waals surface area (Å²) in [5, 5.41) is 2.94. The maximum atomic E-state index is 12.0. The molecule has 0 fully saturated rings. The molecule has 0 unspecified atom stereocenters. The summed E-state index contributed by atoms with van der Waals surface area (Å²) in [4.78, 5) is 19.9. The molecule has 1 aliphatic rings. The molecule has 0 saturated heterocycles. The largest absolute Gasteiger partial charge is 0.349 e. The van der Waals surface area contributed by atoms with Crippen molar-refractivity contribution in [3.63, 3.8) is 0 Å². The van der Waals surface area contributed by atoms with Crippen molar-refractivity contribution in [1.29, 1.82) is 0 Å². The summed E-state index contributed by atoms with van der Waals surface area (Å²) < 4.78 is 0. The molecule has 1 aromatic heterocycles. The molecule has 2 aromatic rings. The number of amides is 1. The molecule has 0 bridgehead atoms.